The molecule has 0 rings (SSSR count). The summed E-state index contributed by atoms with van der Waals surface area (Å²) in [6.45, 7) is 8.79. The van der Waals surface area contributed by atoms with Crippen LogP contribution in [0, 0.1) is 5.92 Å². The summed E-state index contributed by atoms with van der Waals surface area (Å²) < 4.78 is 0. The van der Waals surface area contributed by atoms with E-state index in [9.17, 15) is 4.79 Å². The fourth-order valence-electron chi connectivity index (χ4n) is 2.18. The summed E-state index contributed by atoms with van der Waals surface area (Å²) >= 11 is 0. The predicted octanol–water partition coefficient (Wildman–Crippen LogP) is 5.21. The van der Waals surface area contributed by atoms with Crippen molar-refractivity contribution < 1.29 is 4.79 Å². The normalized spacial score (nSPS) is 12.8. The third-order valence-electron chi connectivity index (χ3n) is 3.29. The molecule has 0 aromatic rings. The van der Waals surface area contributed by atoms with Crippen molar-refractivity contribution in [3.63, 3.8) is 0 Å². The summed E-state index contributed by atoms with van der Waals surface area (Å²) in [5.74, 6) is 0.491. The molecule has 0 saturated carbocycles. The molecule has 0 saturated heterocycles. The van der Waals surface area contributed by atoms with Crippen LogP contribution in [-0.2, 0) is 4.79 Å². The van der Waals surface area contributed by atoms with Gasteiger partial charge in [-0.2, -0.15) is 0 Å². The zero-order valence-electron chi connectivity index (χ0n) is 12.1. The van der Waals surface area contributed by atoms with E-state index in [1.165, 1.54) is 37.7 Å². The Bertz CT molecular complexity index is 226. The molecule has 1 nitrogen and oxygen atoms in total. The smallest absolute Gasteiger partial charge is 0.229 e. The second kappa shape index (κ2) is 10.6. The van der Waals surface area contributed by atoms with Crippen molar-refractivity contribution in [1.29, 1.82) is 0 Å². The molecule has 0 atom stereocenters. The number of allylic oxidation sites excluding steroid dienone is 2. The maximum absolute atomic E-state index is 11.1. The van der Waals surface area contributed by atoms with Crippen molar-refractivity contribution in [2.75, 3.05) is 0 Å². The highest BCUT2D eigenvalue weighted by molar-refractivity contribution is 5.75. The molecule has 0 spiro atoms. The van der Waals surface area contributed by atoms with Crippen LogP contribution in [0.25, 0.3) is 0 Å². The van der Waals surface area contributed by atoms with Gasteiger partial charge >= 0.3 is 0 Å². The SMILES string of the molecule is CCCCCC([C]=O)=C(CCCCC)C(C)C. The molecule has 1 heteroatoms. The molecule has 0 N–H and O–H groups in total. The topological polar surface area (TPSA) is 17.1 Å². The second-order valence-corrected chi connectivity index (χ2v) is 5.17. The summed E-state index contributed by atoms with van der Waals surface area (Å²) in [6.07, 6.45) is 11.5. The maximum atomic E-state index is 11.1. The Kier molecular flexibility index (Phi) is 10.2. The molecule has 0 aliphatic heterocycles. The second-order valence-electron chi connectivity index (χ2n) is 5.17. The first-order chi connectivity index (χ1) is 8.17. The van der Waals surface area contributed by atoms with Gasteiger partial charge in [0.1, 0.15) is 0 Å². The van der Waals surface area contributed by atoms with Crippen LogP contribution in [0.2, 0.25) is 0 Å². The number of rotatable bonds is 10. The van der Waals surface area contributed by atoms with Gasteiger partial charge in [-0.25, -0.2) is 0 Å². The van der Waals surface area contributed by atoms with Crippen molar-refractivity contribution in [3.8, 4) is 0 Å². The highest BCUT2D eigenvalue weighted by Crippen LogP contribution is 2.24. The van der Waals surface area contributed by atoms with E-state index in [0.29, 0.717) is 5.92 Å². The molecular formula is C16H29O. The first kappa shape index (κ1) is 16.4. The Morgan fingerprint density at radius 1 is 0.941 bits per heavy atom. The van der Waals surface area contributed by atoms with Crippen LogP contribution in [0.5, 0.6) is 0 Å². The Labute approximate surface area is 108 Å². The van der Waals surface area contributed by atoms with Gasteiger partial charge in [-0.15, -0.1) is 0 Å². The molecule has 0 heterocycles. The molecule has 0 amide bonds. The summed E-state index contributed by atoms with van der Waals surface area (Å²) in [6, 6.07) is 0. The highest BCUT2D eigenvalue weighted by Gasteiger charge is 2.10. The number of hydrogen-bond acceptors (Lipinski definition) is 1. The minimum Gasteiger partial charge on any atom is -0.285 e. The van der Waals surface area contributed by atoms with Crippen molar-refractivity contribution in [1.82, 2.24) is 0 Å². The van der Waals surface area contributed by atoms with E-state index in [1.807, 2.05) is 0 Å². The average Bonchev–Trinajstić information content (AvgIpc) is 2.31. The Morgan fingerprint density at radius 2 is 1.47 bits per heavy atom. The molecule has 1 radical (unpaired) electrons. The van der Waals surface area contributed by atoms with Gasteiger partial charge in [0.25, 0.3) is 0 Å². The quantitative estimate of drug-likeness (QED) is 0.376. The number of hydrogen-bond donors (Lipinski definition) is 0. The fraction of sp³-hybridized carbons (Fsp3) is 0.812. The molecule has 0 aliphatic carbocycles. The van der Waals surface area contributed by atoms with Gasteiger partial charge < -0.3 is 0 Å². The van der Waals surface area contributed by atoms with Crippen LogP contribution < -0.4 is 0 Å². The Balaban J connectivity index is 4.48. The lowest BCUT2D eigenvalue weighted by atomic mass is 9.90. The minimum absolute atomic E-state index is 0.491. The maximum Gasteiger partial charge on any atom is 0.229 e. The average molecular weight is 237 g/mol. The van der Waals surface area contributed by atoms with Gasteiger partial charge in [0, 0.05) is 5.57 Å². The van der Waals surface area contributed by atoms with Gasteiger partial charge in [0.15, 0.2) is 0 Å². The van der Waals surface area contributed by atoms with Crippen LogP contribution in [0.4, 0.5) is 0 Å². The monoisotopic (exact) mass is 237 g/mol. The van der Waals surface area contributed by atoms with E-state index in [4.69, 9.17) is 0 Å². The molecular weight excluding hydrogens is 208 g/mol. The van der Waals surface area contributed by atoms with Crippen LogP contribution in [0.3, 0.4) is 0 Å². The van der Waals surface area contributed by atoms with Crippen LogP contribution in [-0.4, -0.2) is 6.29 Å². The number of carbonyl (C=O) groups excluding carboxylic acids is 1. The predicted molar refractivity (Wildman–Crippen MR) is 75.8 cm³/mol. The van der Waals surface area contributed by atoms with Crippen LogP contribution in [0.15, 0.2) is 11.1 Å². The van der Waals surface area contributed by atoms with Crippen LogP contribution in [0.1, 0.15) is 79.1 Å². The standard InChI is InChI=1S/C16H29O/c1-5-7-9-11-15(13-17)16(14(3)4)12-10-8-6-2/h14H,5-12H2,1-4H3. The molecule has 0 bridgehead atoms. The molecule has 0 aromatic heterocycles. The first-order valence-corrected chi connectivity index (χ1v) is 7.27. The molecule has 0 fully saturated rings. The van der Waals surface area contributed by atoms with Gasteiger partial charge in [-0.05, 0) is 31.6 Å². The minimum atomic E-state index is 0.491. The van der Waals surface area contributed by atoms with E-state index in [-0.39, 0.29) is 0 Å². The summed E-state index contributed by atoms with van der Waals surface area (Å²) in [5, 5.41) is 0. The third-order valence-corrected chi connectivity index (χ3v) is 3.29. The van der Waals surface area contributed by atoms with Crippen molar-refractivity contribution in [2.24, 2.45) is 5.92 Å². The number of unbranched alkanes of at least 4 members (excludes halogenated alkanes) is 4. The lowest BCUT2D eigenvalue weighted by molar-refractivity contribution is 0.554. The van der Waals surface area contributed by atoms with E-state index in [2.05, 4.69) is 34.0 Å². The molecule has 17 heavy (non-hydrogen) atoms. The molecule has 0 aliphatic rings. The largest absolute Gasteiger partial charge is 0.285 e. The zero-order valence-corrected chi connectivity index (χ0v) is 12.1. The fourth-order valence-corrected chi connectivity index (χ4v) is 2.18. The van der Waals surface area contributed by atoms with E-state index in [0.717, 1.165) is 24.8 Å². The van der Waals surface area contributed by atoms with Gasteiger partial charge in [-0.1, -0.05) is 59.0 Å². The van der Waals surface area contributed by atoms with Gasteiger partial charge in [0.05, 0.1) is 0 Å². The van der Waals surface area contributed by atoms with Crippen molar-refractivity contribution >= 4 is 6.29 Å². The Morgan fingerprint density at radius 3 is 1.88 bits per heavy atom. The van der Waals surface area contributed by atoms with Crippen LogP contribution >= 0.6 is 0 Å². The van der Waals surface area contributed by atoms with Gasteiger partial charge in [-0.3, -0.25) is 4.79 Å². The molecule has 0 unspecified atom stereocenters. The Hall–Kier alpha value is -0.590. The molecule has 99 valence electrons. The summed E-state index contributed by atoms with van der Waals surface area (Å²) in [4.78, 5) is 11.1. The summed E-state index contributed by atoms with van der Waals surface area (Å²) in [7, 11) is 0. The highest BCUT2D eigenvalue weighted by atomic mass is 16.1. The first-order valence-electron chi connectivity index (χ1n) is 7.27. The van der Waals surface area contributed by atoms with Gasteiger partial charge in [0.2, 0.25) is 6.29 Å². The lowest BCUT2D eigenvalue weighted by Gasteiger charge is -2.14. The molecule has 0 aromatic carbocycles. The van der Waals surface area contributed by atoms with E-state index >= 15 is 0 Å². The zero-order chi connectivity index (χ0) is 13.1. The van der Waals surface area contributed by atoms with Crippen molar-refractivity contribution in [2.45, 2.75) is 79.1 Å². The van der Waals surface area contributed by atoms with E-state index < -0.39 is 0 Å². The summed E-state index contributed by atoms with van der Waals surface area (Å²) in [5.41, 5.74) is 2.31. The van der Waals surface area contributed by atoms with Crippen molar-refractivity contribution in [3.05, 3.63) is 11.1 Å². The lowest BCUT2D eigenvalue weighted by Crippen LogP contribution is -2.02. The third kappa shape index (κ3) is 7.36. The van der Waals surface area contributed by atoms with E-state index in [1.54, 1.807) is 0 Å².